The third kappa shape index (κ3) is 3.63. The summed E-state index contributed by atoms with van der Waals surface area (Å²) in [4.78, 5) is 15.8. The summed E-state index contributed by atoms with van der Waals surface area (Å²) in [6.07, 6.45) is 4.43. The van der Waals surface area contributed by atoms with Crippen LogP contribution in [0.15, 0.2) is 48.9 Å². The number of nitrogens with zero attached hydrogens (tertiary/aromatic N) is 4. The number of hydrogen-bond acceptors (Lipinski definition) is 5. The fraction of sp³-hybridized carbons (Fsp3) is 0.250. The Morgan fingerprint density at radius 1 is 1.15 bits per heavy atom. The Morgan fingerprint density at radius 2 is 2.08 bits per heavy atom. The number of aryl methyl sites for hydroxylation is 1. The Bertz CT molecular complexity index is 910. The normalized spacial score (nSPS) is 13.4. The minimum absolute atomic E-state index is 0.673. The lowest BCUT2D eigenvalue weighted by atomic mass is 10.1. The van der Waals surface area contributed by atoms with Crippen LogP contribution < -0.4 is 10.2 Å². The molecular weight excluding hydrogens is 346 g/mol. The number of hydrogen-bond donors (Lipinski definition) is 1. The lowest BCUT2D eigenvalue weighted by molar-refractivity contribution is 0.697. The molecule has 0 bridgehead atoms. The summed E-state index contributed by atoms with van der Waals surface area (Å²) in [5, 5.41) is 4.18. The standard InChI is InChI=1S/C20H20ClN5/c1-14-5-6-19(22-10-14)26-8-7-18-17(12-26)20(25-13-24-18)23-11-15-3-2-4-16(21)9-15/h2-6,9-10,13H,7-8,11-12H2,1H3,(H,23,24,25). The second-order valence-electron chi connectivity index (χ2n) is 6.50. The average Bonchev–Trinajstić information content (AvgIpc) is 2.66. The molecule has 3 aromatic rings. The number of rotatable bonds is 4. The molecule has 2 aromatic heterocycles. The van der Waals surface area contributed by atoms with Gasteiger partial charge in [-0.2, -0.15) is 0 Å². The maximum atomic E-state index is 6.07. The lowest BCUT2D eigenvalue weighted by Crippen LogP contribution is -2.32. The van der Waals surface area contributed by atoms with Crippen LogP contribution in [-0.4, -0.2) is 21.5 Å². The van der Waals surface area contributed by atoms with E-state index in [-0.39, 0.29) is 0 Å². The van der Waals surface area contributed by atoms with Crippen molar-refractivity contribution in [3.05, 3.63) is 76.3 Å². The van der Waals surface area contributed by atoms with Gasteiger partial charge in [-0.15, -0.1) is 0 Å². The summed E-state index contributed by atoms with van der Waals surface area (Å²) >= 11 is 6.07. The molecule has 4 rings (SSSR count). The largest absolute Gasteiger partial charge is 0.366 e. The highest BCUT2D eigenvalue weighted by Gasteiger charge is 2.21. The number of pyridine rings is 1. The van der Waals surface area contributed by atoms with Gasteiger partial charge in [-0.05, 0) is 36.2 Å². The smallest absolute Gasteiger partial charge is 0.134 e. The number of benzene rings is 1. The Hall–Kier alpha value is -2.66. The van der Waals surface area contributed by atoms with Crippen LogP contribution in [-0.2, 0) is 19.5 Å². The first-order valence-electron chi connectivity index (χ1n) is 8.68. The molecule has 0 atom stereocenters. The molecule has 0 saturated carbocycles. The summed E-state index contributed by atoms with van der Waals surface area (Å²) in [7, 11) is 0. The van der Waals surface area contributed by atoms with Crippen LogP contribution in [0.25, 0.3) is 0 Å². The van der Waals surface area contributed by atoms with E-state index in [4.69, 9.17) is 11.6 Å². The first-order valence-corrected chi connectivity index (χ1v) is 9.05. The lowest BCUT2D eigenvalue weighted by Gasteiger charge is -2.30. The quantitative estimate of drug-likeness (QED) is 0.757. The highest BCUT2D eigenvalue weighted by atomic mass is 35.5. The van der Waals surface area contributed by atoms with E-state index in [1.807, 2.05) is 31.3 Å². The van der Waals surface area contributed by atoms with Crippen molar-refractivity contribution in [2.75, 3.05) is 16.8 Å². The van der Waals surface area contributed by atoms with Gasteiger partial charge < -0.3 is 10.2 Å². The van der Waals surface area contributed by atoms with E-state index >= 15 is 0 Å². The molecule has 0 unspecified atom stereocenters. The molecule has 26 heavy (non-hydrogen) atoms. The average molecular weight is 366 g/mol. The predicted molar refractivity (Wildman–Crippen MR) is 105 cm³/mol. The molecule has 1 N–H and O–H groups in total. The van der Waals surface area contributed by atoms with Gasteiger partial charge in [0.1, 0.15) is 18.0 Å². The van der Waals surface area contributed by atoms with Crippen LogP contribution in [0.4, 0.5) is 11.6 Å². The van der Waals surface area contributed by atoms with Crippen molar-refractivity contribution in [2.45, 2.75) is 26.4 Å². The van der Waals surface area contributed by atoms with Crippen molar-refractivity contribution >= 4 is 23.2 Å². The Kier molecular flexibility index (Phi) is 4.71. The Balaban J connectivity index is 1.54. The number of anilines is 2. The van der Waals surface area contributed by atoms with E-state index in [1.54, 1.807) is 6.33 Å². The van der Waals surface area contributed by atoms with Gasteiger partial charge in [-0.25, -0.2) is 15.0 Å². The number of fused-ring (bicyclic) bond motifs is 1. The van der Waals surface area contributed by atoms with E-state index in [9.17, 15) is 0 Å². The van der Waals surface area contributed by atoms with Crippen molar-refractivity contribution in [1.82, 2.24) is 15.0 Å². The second kappa shape index (κ2) is 7.30. The molecule has 3 heterocycles. The zero-order valence-electron chi connectivity index (χ0n) is 14.6. The third-order valence-electron chi connectivity index (χ3n) is 4.57. The molecule has 0 radical (unpaired) electrons. The molecule has 1 aromatic carbocycles. The number of aromatic nitrogens is 3. The number of nitrogens with one attached hydrogen (secondary N) is 1. The topological polar surface area (TPSA) is 53.9 Å². The van der Waals surface area contributed by atoms with Gasteiger partial charge in [0.2, 0.25) is 0 Å². The van der Waals surface area contributed by atoms with Gasteiger partial charge in [0.05, 0.1) is 5.69 Å². The summed E-state index contributed by atoms with van der Waals surface area (Å²) < 4.78 is 0. The summed E-state index contributed by atoms with van der Waals surface area (Å²) in [5.41, 5.74) is 4.54. The maximum absolute atomic E-state index is 6.07. The van der Waals surface area contributed by atoms with Crippen LogP contribution in [0, 0.1) is 6.92 Å². The highest BCUT2D eigenvalue weighted by Crippen LogP contribution is 2.26. The molecule has 132 valence electrons. The van der Waals surface area contributed by atoms with Crippen molar-refractivity contribution in [2.24, 2.45) is 0 Å². The SMILES string of the molecule is Cc1ccc(N2CCc3ncnc(NCc4cccc(Cl)c4)c3C2)nc1. The van der Waals surface area contributed by atoms with Gasteiger partial charge in [0.25, 0.3) is 0 Å². The van der Waals surface area contributed by atoms with Crippen LogP contribution in [0.3, 0.4) is 0 Å². The van der Waals surface area contributed by atoms with E-state index in [0.29, 0.717) is 6.54 Å². The van der Waals surface area contributed by atoms with E-state index in [0.717, 1.165) is 53.0 Å². The minimum Gasteiger partial charge on any atom is -0.366 e. The Labute approximate surface area is 158 Å². The second-order valence-corrected chi connectivity index (χ2v) is 6.93. The molecule has 0 aliphatic carbocycles. The van der Waals surface area contributed by atoms with Crippen molar-refractivity contribution in [1.29, 1.82) is 0 Å². The van der Waals surface area contributed by atoms with E-state index < -0.39 is 0 Å². The summed E-state index contributed by atoms with van der Waals surface area (Å²) in [5.74, 6) is 1.87. The summed E-state index contributed by atoms with van der Waals surface area (Å²) in [6, 6.07) is 12.0. The molecule has 1 aliphatic heterocycles. The van der Waals surface area contributed by atoms with Crippen molar-refractivity contribution in [3.8, 4) is 0 Å². The van der Waals surface area contributed by atoms with Crippen molar-refractivity contribution in [3.63, 3.8) is 0 Å². The van der Waals surface area contributed by atoms with Gasteiger partial charge >= 0.3 is 0 Å². The molecule has 0 saturated heterocycles. The van der Waals surface area contributed by atoms with Crippen LogP contribution in [0.1, 0.15) is 22.4 Å². The minimum atomic E-state index is 0.673. The number of halogens is 1. The van der Waals surface area contributed by atoms with Gasteiger partial charge in [0, 0.05) is 42.8 Å². The van der Waals surface area contributed by atoms with Gasteiger partial charge in [0.15, 0.2) is 0 Å². The fourth-order valence-corrected chi connectivity index (χ4v) is 3.38. The summed E-state index contributed by atoms with van der Waals surface area (Å²) in [6.45, 7) is 4.39. The molecule has 6 heteroatoms. The first-order chi connectivity index (χ1) is 12.7. The van der Waals surface area contributed by atoms with Crippen LogP contribution >= 0.6 is 11.6 Å². The Morgan fingerprint density at radius 3 is 2.88 bits per heavy atom. The third-order valence-corrected chi connectivity index (χ3v) is 4.81. The zero-order valence-corrected chi connectivity index (χ0v) is 15.4. The molecule has 0 fully saturated rings. The van der Waals surface area contributed by atoms with E-state index in [1.165, 1.54) is 5.56 Å². The van der Waals surface area contributed by atoms with Gasteiger partial charge in [-0.1, -0.05) is 29.8 Å². The molecule has 0 amide bonds. The van der Waals surface area contributed by atoms with Gasteiger partial charge in [-0.3, -0.25) is 0 Å². The molecular formula is C20H20ClN5. The molecule has 5 nitrogen and oxygen atoms in total. The van der Waals surface area contributed by atoms with Crippen LogP contribution in [0.5, 0.6) is 0 Å². The van der Waals surface area contributed by atoms with Crippen molar-refractivity contribution < 1.29 is 0 Å². The van der Waals surface area contributed by atoms with Crippen LogP contribution in [0.2, 0.25) is 5.02 Å². The monoisotopic (exact) mass is 365 g/mol. The first kappa shape index (κ1) is 16.8. The molecule has 1 aliphatic rings. The van der Waals surface area contributed by atoms with E-state index in [2.05, 4.69) is 43.4 Å². The highest BCUT2D eigenvalue weighted by molar-refractivity contribution is 6.30. The predicted octanol–water partition coefficient (Wildman–Crippen LogP) is 4.01. The fourth-order valence-electron chi connectivity index (χ4n) is 3.17. The zero-order chi connectivity index (χ0) is 17.9. The molecule has 0 spiro atoms. The maximum Gasteiger partial charge on any atom is 0.134 e.